The standard InChI is InChI=1S/C16H24N4O4/c17-10-13(11-20-15(23)12-5-8-18-9-6-12)16(24)19-7-3-1-2-4-14(21)22/h11-12,18H,1-9H2,(H,19,24)(H,20,23)(H,21,22)/b13-11-. The third-order valence-corrected chi connectivity index (χ3v) is 3.79. The highest BCUT2D eigenvalue weighted by atomic mass is 16.4. The molecule has 0 unspecified atom stereocenters. The van der Waals surface area contributed by atoms with E-state index in [-0.39, 0.29) is 23.8 Å². The van der Waals surface area contributed by atoms with Gasteiger partial charge in [-0.15, -0.1) is 0 Å². The lowest BCUT2D eigenvalue weighted by Gasteiger charge is -2.20. The molecule has 0 aromatic rings. The van der Waals surface area contributed by atoms with Crippen LogP contribution < -0.4 is 16.0 Å². The first-order valence-electron chi connectivity index (χ1n) is 8.16. The highest BCUT2D eigenvalue weighted by Gasteiger charge is 2.20. The fraction of sp³-hybridized carbons (Fsp3) is 0.625. The van der Waals surface area contributed by atoms with Gasteiger partial charge in [-0.1, -0.05) is 6.42 Å². The van der Waals surface area contributed by atoms with Gasteiger partial charge in [-0.05, 0) is 38.8 Å². The van der Waals surface area contributed by atoms with E-state index in [9.17, 15) is 14.4 Å². The minimum atomic E-state index is -0.835. The van der Waals surface area contributed by atoms with Gasteiger partial charge in [0.15, 0.2) is 0 Å². The number of carbonyl (C=O) groups is 3. The van der Waals surface area contributed by atoms with Crippen LogP contribution in [0.1, 0.15) is 38.5 Å². The van der Waals surface area contributed by atoms with E-state index in [1.54, 1.807) is 6.07 Å². The Labute approximate surface area is 141 Å². The first-order valence-corrected chi connectivity index (χ1v) is 8.16. The van der Waals surface area contributed by atoms with E-state index in [0.717, 1.165) is 32.1 Å². The van der Waals surface area contributed by atoms with Gasteiger partial charge in [0.2, 0.25) is 5.91 Å². The number of nitriles is 1. The third kappa shape index (κ3) is 7.74. The molecule has 1 rings (SSSR count). The molecule has 0 aromatic carbocycles. The number of nitrogens with zero attached hydrogens (tertiary/aromatic N) is 1. The van der Waals surface area contributed by atoms with Crippen molar-refractivity contribution in [3.63, 3.8) is 0 Å². The summed E-state index contributed by atoms with van der Waals surface area (Å²) in [5.41, 5.74) is -0.150. The molecule has 0 aromatic heterocycles. The Hall–Kier alpha value is -2.40. The molecule has 1 aliphatic rings. The van der Waals surface area contributed by atoms with Crippen LogP contribution in [0.3, 0.4) is 0 Å². The summed E-state index contributed by atoms with van der Waals surface area (Å²) in [5.74, 6) is -1.65. The Balaban J connectivity index is 2.30. The lowest BCUT2D eigenvalue weighted by molar-refractivity contribution is -0.137. The maximum Gasteiger partial charge on any atom is 0.303 e. The summed E-state index contributed by atoms with van der Waals surface area (Å²) >= 11 is 0. The van der Waals surface area contributed by atoms with Gasteiger partial charge in [0.1, 0.15) is 11.6 Å². The van der Waals surface area contributed by atoms with Gasteiger partial charge in [0.05, 0.1) is 0 Å². The van der Waals surface area contributed by atoms with Crippen LogP contribution in [0.4, 0.5) is 0 Å². The van der Waals surface area contributed by atoms with Crippen LogP contribution in [0.25, 0.3) is 0 Å². The molecular weight excluding hydrogens is 312 g/mol. The van der Waals surface area contributed by atoms with Crippen LogP contribution in [0.2, 0.25) is 0 Å². The number of nitrogens with one attached hydrogen (secondary N) is 3. The molecule has 0 saturated carbocycles. The van der Waals surface area contributed by atoms with Crippen molar-refractivity contribution in [2.75, 3.05) is 19.6 Å². The van der Waals surface area contributed by atoms with E-state index >= 15 is 0 Å². The van der Waals surface area contributed by atoms with Crippen LogP contribution in [0.15, 0.2) is 11.8 Å². The number of rotatable bonds is 9. The van der Waals surface area contributed by atoms with Gasteiger partial charge >= 0.3 is 5.97 Å². The molecule has 1 saturated heterocycles. The zero-order valence-electron chi connectivity index (χ0n) is 13.6. The summed E-state index contributed by atoms with van der Waals surface area (Å²) in [4.78, 5) is 34.2. The van der Waals surface area contributed by atoms with E-state index in [4.69, 9.17) is 10.4 Å². The van der Waals surface area contributed by atoms with Crippen LogP contribution in [0.5, 0.6) is 0 Å². The normalized spacial score (nSPS) is 15.4. The van der Waals surface area contributed by atoms with Gasteiger partial charge in [0, 0.05) is 25.1 Å². The van der Waals surface area contributed by atoms with Gasteiger partial charge in [0.25, 0.3) is 5.91 Å². The molecular formula is C16H24N4O4. The van der Waals surface area contributed by atoms with Gasteiger partial charge in [-0.3, -0.25) is 14.4 Å². The number of hydrogen-bond donors (Lipinski definition) is 4. The first-order chi connectivity index (χ1) is 11.5. The molecule has 8 nitrogen and oxygen atoms in total. The maximum absolute atomic E-state index is 12.0. The van der Waals surface area contributed by atoms with Gasteiger partial charge in [-0.2, -0.15) is 5.26 Å². The summed E-state index contributed by atoms with van der Waals surface area (Å²) in [6.07, 6.45) is 4.63. The summed E-state index contributed by atoms with van der Waals surface area (Å²) in [5, 5.41) is 25.8. The van der Waals surface area contributed by atoms with E-state index in [1.807, 2.05) is 0 Å². The number of carbonyl (C=O) groups excluding carboxylic acids is 2. The van der Waals surface area contributed by atoms with Crippen molar-refractivity contribution in [2.45, 2.75) is 38.5 Å². The Morgan fingerprint density at radius 1 is 1.21 bits per heavy atom. The number of carboxylic acid groups (broad SMARTS) is 1. The van der Waals surface area contributed by atoms with Crippen molar-refractivity contribution in [1.29, 1.82) is 5.26 Å². The molecule has 4 N–H and O–H groups in total. The predicted molar refractivity (Wildman–Crippen MR) is 86.5 cm³/mol. The second kappa shape index (κ2) is 11.2. The highest BCUT2D eigenvalue weighted by molar-refractivity contribution is 5.97. The average Bonchev–Trinajstić information content (AvgIpc) is 2.58. The van der Waals surface area contributed by atoms with Crippen molar-refractivity contribution in [1.82, 2.24) is 16.0 Å². The fourth-order valence-corrected chi connectivity index (χ4v) is 2.37. The number of aliphatic carboxylic acids is 1. The zero-order chi connectivity index (χ0) is 17.8. The van der Waals surface area contributed by atoms with Crippen molar-refractivity contribution < 1.29 is 19.5 Å². The van der Waals surface area contributed by atoms with Crippen LogP contribution in [0, 0.1) is 17.2 Å². The van der Waals surface area contributed by atoms with Crippen molar-refractivity contribution in [2.24, 2.45) is 5.92 Å². The third-order valence-electron chi connectivity index (χ3n) is 3.79. The van der Waals surface area contributed by atoms with Gasteiger partial charge in [-0.25, -0.2) is 0 Å². The monoisotopic (exact) mass is 336 g/mol. The molecule has 1 aliphatic heterocycles. The van der Waals surface area contributed by atoms with Crippen LogP contribution in [-0.2, 0) is 14.4 Å². The topological polar surface area (TPSA) is 131 Å². The molecule has 0 bridgehead atoms. The maximum atomic E-state index is 12.0. The molecule has 0 radical (unpaired) electrons. The van der Waals surface area contributed by atoms with Gasteiger partial charge < -0.3 is 21.1 Å². The molecule has 1 fully saturated rings. The Bertz CT molecular complexity index is 519. The molecule has 8 heteroatoms. The highest BCUT2D eigenvalue weighted by Crippen LogP contribution is 2.11. The summed E-state index contributed by atoms with van der Waals surface area (Å²) < 4.78 is 0. The minimum Gasteiger partial charge on any atom is -0.481 e. The van der Waals surface area contributed by atoms with Crippen molar-refractivity contribution in [3.8, 4) is 6.07 Å². The Morgan fingerprint density at radius 3 is 2.54 bits per heavy atom. The Kier molecular flexibility index (Phi) is 9.16. The number of amides is 2. The second-order valence-corrected chi connectivity index (χ2v) is 5.66. The number of piperidine rings is 1. The molecule has 1 heterocycles. The summed E-state index contributed by atoms with van der Waals surface area (Å²) in [7, 11) is 0. The second-order valence-electron chi connectivity index (χ2n) is 5.66. The smallest absolute Gasteiger partial charge is 0.303 e. The SMILES string of the molecule is N#C/C(=C/NC(=O)C1CCNCC1)C(=O)NCCCCCC(=O)O. The van der Waals surface area contributed by atoms with Crippen molar-refractivity contribution >= 4 is 17.8 Å². The van der Waals surface area contributed by atoms with Crippen molar-refractivity contribution in [3.05, 3.63) is 11.8 Å². The molecule has 24 heavy (non-hydrogen) atoms. The number of hydrogen-bond acceptors (Lipinski definition) is 5. The first kappa shape index (κ1) is 19.6. The quantitative estimate of drug-likeness (QED) is 0.271. The largest absolute Gasteiger partial charge is 0.481 e. The molecule has 0 aliphatic carbocycles. The molecule has 2 amide bonds. The molecule has 0 spiro atoms. The lowest BCUT2D eigenvalue weighted by Crippen LogP contribution is -2.37. The summed E-state index contributed by atoms with van der Waals surface area (Å²) in [6.45, 7) is 1.93. The van der Waals surface area contributed by atoms with E-state index in [0.29, 0.717) is 25.8 Å². The average molecular weight is 336 g/mol. The number of carboxylic acids is 1. The molecule has 0 atom stereocenters. The predicted octanol–water partition coefficient (Wildman–Crippen LogP) is 0.271. The Morgan fingerprint density at radius 2 is 1.92 bits per heavy atom. The molecule has 132 valence electrons. The fourth-order valence-electron chi connectivity index (χ4n) is 2.37. The van der Waals surface area contributed by atoms with E-state index in [1.165, 1.54) is 0 Å². The minimum absolute atomic E-state index is 0.0975. The van der Waals surface area contributed by atoms with Crippen LogP contribution >= 0.6 is 0 Å². The number of unbranched alkanes of at least 4 members (excludes halogenated alkanes) is 2. The lowest BCUT2D eigenvalue weighted by atomic mass is 9.97. The summed E-state index contributed by atoms with van der Waals surface area (Å²) in [6, 6.07) is 1.77. The van der Waals surface area contributed by atoms with Crippen LogP contribution in [-0.4, -0.2) is 42.5 Å². The van der Waals surface area contributed by atoms with E-state index in [2.05, 4.69) is 16.0 Å². The van der Waals surface area contributed by atoms with E-state index < -0.39 is 11.9 Å². The zero-order valence-corrected chi connectivity index (χ0v) is 13.6.